The SMILES string of the molecule is CN(c1noc(-c2cc3cnccc3o2)n1)C1CCN(C(=O)OC(C)(C)C)CC1. The normalized spacial score (nSPS) is 15.7. The Balaban J connectivity index is 1.39. The second-order valence-corrected chi connectivity index (χ2v) is 8.23. The van der Waals surface area contributed by atoms with Gasteiger partial charge in [0.1, 0.15) is 11.2 Å². The highest BCUT2D eigenvalue weighted by molar-refractivity contribution is 5.80. The third-order valence-electron chi connectivity index (χ3n) is 4.92. The van der Waals surface area contributed by atoms with Gasteiger partial charge in [-0.05, 0) is 50.9 Å². The Morgan fingerprint density at radius 1 is 1.31 bits per heavy atom. The van der Waals surface area contributed by atoms with Gasteiger partial charge in [-0.15, -0.1) is 0 Å². The van der Waals surface area contributed by atoms with E-state index in [0.29, 0.717) is 30.7 Å². The van der Waals surface area contributed by atoms with Crippen molar-refractivity contribution < 1.29 is 18.5 Å². The van der Waals surface area contributed by atoms with E-state index in [1.54, 1.807) is 23.4 Å². The maximum absolute atomic E-state index is 12.2. The summed E-state index contributed by atoms with van der Waals surface area (Å²) in [6, 6.07) is 3.83. The summed E-state index contributed by atoms with van der Waals surface area (Å²) < 4.78 is 16.6. The number of likely N-dealkylation sites (tertiary alicyclic amines) is 1. The van der Waals surface area contributed by atoms with Crippen molar-refractivity contribution in [1.82, 2.24) is 20.0 Å². The van der Waals surface area contributed by atoms with Crippen molar-refractivity contribution in [2.45, 2.75) is 45.3 Å². The third kappa shape index (κ3) is 4.18. The summed E-state index contributed by atoms with van der Waals surface area (Å²) in [5, 5.41) is 4.98. The molecular formula is C20H25N5O4. The Kier molecular flexibility index (Phi) is 4.89. The standard InChI is InChI=1S/C20H25N5O4/c1-20(2,3)28-19(26)25-9-6-14(7-10-25)24(4)18-22-17(29-23-18)16-11-13-12-21-8-5-15(13)27-16/h5,8,11-12,14H,6-7,9-10H2,1-4H3. The number of piperidine rings is 1. The van der Waals surface area contributed by atoms with E-state index >= 15 is 0 Å². The molecule has 154 valence electrons. The molecule has 0 radical (unpaired) electrons. The Morgan fingerprint density at radius 3 is 2.76 bits per heavy atom. The van der Waals surface area contributed by atoms with Crippen LogP contribution in [0.2, 0.25) is 0 Å². The van der Waals surface area contributed by atoms with E-state index in [0.717, 1.165) is 23.8 Å². The Hall–Kier alpha value is -3.10. The molecule has 29 heavy (non-hydrogen) atoms. The van der Waals surface area contributed by atoms with Crippen LogP contribution in [0, 0.1) is 0 Å². The van der Waals surface area contributed by atoms with Gasteiger partial charge in [0.15, 0.2) is 5.76 Å². The van der Waals surface area contributed by atoms with E-state index in [9.17, 15) is 4.79 Å². The van der Waals surface area contributed by atoms with Crippen molar-refractivity contribution in [3.63, 3.8) is 0 Å². The number of furan rings is 1. The van der Waals surface area contributed by atoms with E-state index in [1.165, 1.54) is 0 Å². The molecule has 0 unspecified atom stereocenters. The molecule has 1 aliphatic heterocycles. The molecule has 0 N–H and O–H groups in total. The van der Waals surface area contributed by atoms with Gasteiger partial charge in [-0.25, -0.2) is 4.79 Å². The van der Waals surface area contributed by atoms with Crippen LogP contribution < -0.4 is 4.90 Å². The highest BCUT2D eigenvalue weighted by atomic mass is 16.6. The number of carbonyl (C=O) groups is 1. The highest BCUT2D eigenvalue weighted by Crippen LogP contribution is 2.28. The lowest BCUT2D eigenvalue weighted by Gasteiger charge is -2.36. The van der Waals surface area contributed by atoms with Crippen molar-refractivity contribution in [2.24, 2.45) is 0 Å². The maximum atomic E-state index is 12.2. The number of fused-ring (bicyclic) bond motifs is 1. The lowest BCUT2D eigenvalue weighted by molar-refractivity contribution is 0.0205. The Bertz CT molecular complexity index is 965. The molecule has 3 aromatic rings. The molecular weight excluding hydrogens is 374 g/mol. The van der Waals surface area contributed by atoms with E-state index < -0.39 is 5.60 Å². The van der Waals surface area contributed by atoms with Gasteiger partial charge in [-0.2, -0.15) is 4.98 Å². The molecule has 4 rings (SSSR count). The average molecular weight is 399 g/mol. The molecule has 0 spiro atoms. The number of anilines is 1. The Morgan fingerprint density at radius 2 is 2.07 bits per heavy atom. The molecule has 1 amide bonds. The highest BCUT2D eigenvalue weighted by Gasteiger charge is 2.30. The summed E-state index contributed by atoms with van der Waals surface area (Å²) in [7, 11) is 1.94. The number of pyridine rings is 1. The van der Waals surface area contributed by atoms with Crippen molar-refractivity contribution in [2.75, 3.05) is 25.0 Å². The first-order chi connectivity index (χ1) is 13.8. The minimum Gasteiger partial charge on any atom is -0.451 e. The Labute approximate surface area is 168 Å². The molecule has 0 bridgehead atoms. The van der Waals surface area contributed by atoms with Crippen LogP contribution in [-0.4, -0.2) is 57.9 Å². The molecule has 1 saturated heterocycles. The number of hydrogen-bond donors (Lipinski definition) is 0. The number of nitrogens with zero attached hydrogens (tertiary/aromatic N) is 5. The lowest BCUT2D eigenvalue weighted by atomic mass is 10.0. The van der Waals surface area contributed by atoms with Crippen LogP contribution in [0.3, 0.4) is 0 Å². The molecule has 0 aliphatic carbocycles. The minimum absolute atomic E-state index is 0.207. The van der Waals surface area contributed by atoms with E-state index in [-0.39, 0.29) is 12.1 Å². The zero-order valence-corrected chi connectivity index (χ0v) is 17.1. The number of amides is 1. The van der Waals surface area contributed by atoms with Crippen LogP contribution in [0.4, 0.5) is 10.7 Å². The summed E-state index contributed by atoms with van der Waals surface area (Å²) in [6.07, 6.45) is 4.74. The second-order valence-electron chi connectivity index (χ2n) is 8.23. The van der Waals surface area contributed by atoms with Gasteiger partial charge in [0.25, 0.3) is 11.8 Å². The molecule has 1 aliphatic rings. The molecule has 9 heteroatoms. The zero-order valence-electron chi connectivity index (χ0n) is 17.1. The van der Waals surface area contributed by atoms with Crippen molar-refractivity contribution >= 4 is 23.0 Å². The van der Waals surface area contributed by atoms with Gasteiger partial charge in [0.05, 0.1) is 0 Å². The molecule has 0 aromatic carbocycles. The van der Waals surface area contributed by atoms with Crippen LogP contribution in [0.15, 0.2) is 33.5 Å². The summed E-state index contributed by atoms with van der Waals surface area (Å²) >= 11 is 0. The van der Waals surface area contributed by atoms with Gasteiger partial charge in [-0.1, -0.05) is 0 Å². The molecule has 3 aromatic heterocycles. The van der Waals surface area contributed by atoms with E-state index in [4.69, 9.17) is 13.7 Å². The predicted molar refractivity (Wildman–Crippen MR) is 107 cm³/mol. The number of hydrogen-bond acceptors (Lipinski definition) is 8. The first-order valence-corrected chi connectivity index (χ1v) is 9.68. The van der Waals surface area contributed by atoms with Crippen molar-refractivity contribution in [1.29, 1.82) is 0 Å². The van der Waals surface area contributed by atoms with Gasteiger partial charge < -0.3 is 23.5 Å². The van der Waals surface area contributed by atoms with Crippen molar-refractivity contribution in [3.8, 4) is 11.7 Å². The quantitative estimate of drug-likeness (QED) is 0.657. The maximum Gasteiger partial charge on any atom is 0.410 e. The fourth-order valence-corrected chi connectivity index (χ4v) is 3.37. The fourth-order valence-electron chi connectivity index (χ4n) is 3.37. The number of ether oxygens (including phenoxy) is 1. The molecule has 0 saturated carbocycles. The number of aromatic nitrogens is 3. The van der Waals surface area contributed by atoms with Crippen LogP contribution in [0.1, 0.15) is 33.6 Å². The van der Waals surface area contributed by atoms with Crippen LogP contribution in [-0.2, 0) is 4.74 Å². The molecule has 9 nitrogen and oxygen atoms in total. The first-order valence-electron chi connectivity index (χ1n) is 9.68. The van der Waals surface area contributed by atoms with Gasteiger partial charge in [0.2, 0.25) is 0 Å². The monoisotopic (exact) mass is 399 g/mol. The number of carbonyl (C=O) groups excluding carboxylic acids is 1. The van der Waals surface area contributed by atoms with Gasteiger partial charge in [-0.3, -0.25) is 4.98 Å². The summed E-state index contributed by atoms with van der Waals surface area (Å²) in [5.74, 6) is 1.34. The smallest absolute Gasteiger partial charge is 0.410 e. The van der Waals surface area contributed by atoms with Crippen LogP contribution in [0.5, 0.6) is 0 Å². The number of rotatable bonds is 3. The average Bonchev–Trinajstić information content (AvgIpc) is 3.33. The largest absolute Gasteiger partial charge is 0.451 e. The minimum atomic E-state index is -0.488. The van der Waals surface area contributed by atoms with Crippen LogP contribution >= 0.6 is 0 Å². The van der Waals surface area contributed by atoms with Crippen molar-refractivity contribution in [3.05, 3.63) is 24.5 Å². The molecule has 0 atom stereocenters. The topological polar surface area (TPSA) is 97.7 Å². The summed E-state index contributed by atoms with van der Waals surface area (Å²) in [6.45, 7) is 6.88. The third-order valence-corrected chi connectivity index (χ3v) is 4.92. The molecule has 1 fully saturated rings. The zero-order chi connectivity index (χ0) is 20.6. The van der Waals surface area contributed by atoms with E-state index in [1.807, 2.05) is 38.8 Å². The van der Waals surface area contributed by atoms with Gasteiger partial charge in [0, 0.05) is 44.0 Å². The van der Waals surface area contributed by atoms with Gasteiger partial charge >= 0.3 is 6.09 Å². The lowest BCUT2D eigenvalue weighted by Crippen LogP contribution is -2.47. The van der Waals surface area contributed by atoms with Crippen LogP contribution in [0.25, 0.3) is 22.6 Å². The molecule has 4 heterocycles. The predicted octanol–water partition coefficient (Wildman–Crippen LogP) is 3.71. The first kappa shape index (κ1) is 19.2. The summed E-state index contributed by atoms with van der Waals surface area (Å²) in [5.41, 5.74) is 0.232. The fraction of sp³-hybridized carbons (Fsp3) is 0.500. The summed E-state index contributed by atoms with van der Waals surface area (Å²) in [4.78, 5) is 24.5. The second kappa shape index (κ2) is 7.38. The van der Waals surface area contributed by atoms with E-state index in [2.05, 4.69) is 15.1 Å².